The van der Waals surface area contributed by atoms with Crippen molar-refractivity contribution in [1.29, 1.82) is 0 Å². The third-order valence-electron chi connectivity index (χ3n) is 6.93. The molecule has 2 aromatic rings. The number of hydrogen-bond acceptors (Lipinski definition) is 5. The van der Waals surface area contributed by atoms with E-state index in [1.54, 1.807) is 15.5 Å². The van der Waals surface area contributed by atoms with Gasteiger partial charge in [-0.05, 0) is 25.8 Å². The number of halogens is 2. The Hall–Kier alpha value is -2.91. The zero-order chi connectivity index (χ0) is 23.4. The third-order valence-corrected chi connectivity index (χ3v) is 7.22. The lowest BCUT2D eigenvalue weighted by molar-refractivity contribution is 0.0665. The van der Waals surface area contributed by atoms with E-state index in [-0.39, 0.29) is 40.5 Å². The first-order valence-corrected chi connectivity index (χ1v) is 11.5. The molecule has 0 bridgehead atoms. The second-order valence-electron chi connectivity index (χ2n) is 8.69. The molecular formula is C23H24ClFN4O4. The molecule has 174 valence electrons. The molecule has 3 aliphatic rings. The number of hydrogen-bond donors (Lipinski definition) is 2. The van der Waals surface area contributed by atoms with Crippen molar-refractivity contribution < 1.29 is 19.1 Å². The maximum atomic E-state index is 14.3. The lowest BCUT2D eigenvalue weighted by Crippen LogP contribution is -2.44. The number of nitrogens with zero attached hydrogens (tertiary/aromatic N) is 3. The zero-order valence-corrected chi connectivity index (χ0v) is 18.9. The normalized spacial score (nSPS) is 21.7. The molecule has 1 saturated heterocycles. The predicted octanol–water partition coefficient (Wildman–Crippen LogP) is 2.44. The molecule has 8 nitrogen and oxygen atoms in total. The van der Waals surface area contributed by atoms with Gasteiger partial charge in [-0.1, -0.05) is 23.7 Å². The molecule has 1 aromatic carbocycles. The Morgan fingerprint density at radius 3 is 2.73 bits per heavy atom. The highest BCUT2D eigenvalue weighted by molar-refractivity contribution is 6.30. The van der Waals surface area contributed by atoms with Crippen molar-refractivity contribution in [3.05, 3.63) is 61.8 Å². The minimum absolute atomic E-state index is 0.0476. The van der Waals surface area contributed by atoms with Crippen LogP contribution in [0.2, 0.25) is 5.02 Å². The van der Waals surface area contributed by atoms with Crippen LogP contribution in [0.15, 0.2) is 23.0 Å². The maximum Gasteiger partial charge on any atom is 0.274 e. The number of aromatic hydroxyl groups is 1. The van der Waals surface area contributed by atoms with E-state index < -0.39 is 28.8 Å². The molecule has 1 aromatic heterocycles. The fourth-order valence-corrected chi connectivity index (χ4v) is 5.34. The Morgan fingerprint density at radius 2 is 2.06 bits per heavy atom. The van der Waals surface area contributed by atoms with Gasteiger partial charge in [0.25, 0.3) is 11.8 Å². The minimum atomic E-state index is -0.877. The Morgan fingerprint density at radius 1 is 1.30 bits per heavy atom. The van der Waals surface area contributed by atoms with Gasteiger partial charge in [0.05, 0.1) is 22.8 Å². The number of carbonyl (C=O) groups excluding carboxylic acids is 2. The molecule has 0 spiro atoms. The first-order valence-electron chi connectivity index (χ1n) is 11.1. The summed E-state index contributed by atoms with van der Waals surface area (Å²) in [6.45, 7) is 4.26. The summed E-state index contributed by atoms with van der Waals surface area (Å²) in [5, 5.41) is 13.3. The van der Waals surface area contributed by atoms with Crippen LogP contribution in [0.3, 0.4) is 0 Å². The molecule has 3 aliphatic heterocycles. The molecule has 33 heavy (non-hydrogen) atoms. The van der Waals surface area contributed by atoms with E-state index in [0.717, 1.165) is 19.5 Å². The molecule has 2 amide bonds. The summed E-state index contributed by atoms with van der Waals surface area (Å²) in [5.41, 5.74) is -0.464. The van der Waals surface area contributed by atoms with Gasteiger partial charge >= 0.3 is 0 Å². The Bertz CT molecular complexity index is 1230. The number of aromatic nitrogens is 1. The van der Waals surface area contributed by atoms with Crippen molar-refractivity contribution in [2.75, 3.05) is 26.2 Å². The highest BCUT2D eigenvalue weighted by Gasteiger charge is 2.47. The van der Waals surface area contributed by atoms with E-state index in [9.17, 15) is 23.9 Å². The lowest BCUT2D eigenvalue weighted by Gasteiger charge is -2.36. The summed E-state index contributed by atoms with van der Waals surface area (Å²) >= 11 is 5.82. The zero-order valence-electron chi connectivity index (χ0n) is 18.1. The minimum Gasteiger partial charge on any atom is -0.503 e. The van der Waals surface area contributed by atoms with Crippen molar-refractivity contribution in [3.8, 4) is 5.75 Å². The van der Waals surface area contributed by atoms with Crippen molar-refractivity contribution in [1.82, 2.24) is 19.7 Å². The van der Waals surface area contributed by atoms with Crippen LogP contribution in [0.5, 0.6) is 5.75 Å². The van der Waals surface area contributed by atoms with Crippen LogP contribution in [-0.2, 0) is 6.54 Å². The second kappa shape index (κ2) is 8.14. The van der Waals surface area contributed by atoms with Crippen LogP contribution >= 0.6 is 11.6 Å². The van der Waals surface area contributed by atoms with Gasteiger partial charge in [0.2, 0.25) is 5.43 Å². The van der Waals surface area contributed by atoms with Crippen molar-refractivity contribution >= 4 is 23.4 Å². The Balaban J connectivity index is 1.59. The second-order valence-corrected chi connectivity index (χ2v) is 9.10. The number of pyridine rings is 1. The summed E-state index contributed by atoms with van der Waals surface area (Å²) in [6.07, 6.45) is 1.66. The number of likely N-dealkylation sites (tertiary alicyclic amines) is 1. The highest BCUT2D eigenvalue weighted by Crippen LogP contribution is 2.45. The van der Waals surface area contributed by atoms with Crippen molar-refractivity contribution in [3.63, 3.8) is 0 Å². The predicted molar refractivity (Wildman–Crippen MR) is 119 cm³/mol. The average Bonchev–Trinajstić information content (AvgIpc) is 3.10. The van der Waals surface area contributed by atoms with Gasteiger partial charge in [-0.25, -0.2) is 4.39 Å². The number of rotatable bonds is 5. The topological polar surface area (TPSA) is 94.9 Å². The number of likely N-dealkylation sites (N-methyl/N-ethyl adjacent to an activating group) is 1. The van der Waals surface area contributed by atoms with E-state index in [1.807, 2.05) is 6.92 Å². The van der Waals surface area contributed by atoms with Crippen LogP contribution < -0.4 is 10.7 Å². The standard InChI is InChI=1S/C23H24ClFN4O4/c1-2-27-11-13-9-15(28-7-4-8-28)18-16(20(30)21(31)19(23(27)33)29(13)18)22(32)26-10-12-5-3-6-14(24)17(12)25/h3,5-6,13,15,31H,2,4,7-11H2,1H3,(H,26,32)/t13?,15-/m1/s1. The van der Waals surface area contributed by atoms with E-state index in [1.165, 1.54) is 12.1 Å². The number of carbonyl (C=O) groups is 2. The van der Waals surface area contributed by atoms with Gasteiger partial charge in [-0.2, -0.15) is 0 Å². The fourth-order valence-electron chi connectivity index (χ4n) is 5.14. The molecular weight excluding hydrogens is 451 g/mol. The molecule has 10 heteroatoms. The summed E-state index contributed by atoms with van der Waals surface area (Å²) in [4.78, 5) is 43.3. The van der Waals surface area contributed by atoms with Crippen molar-refractivity contribution in [2.45, 2.75) is 38.4 Å². The van der Waals surface area contributed by atoms with E-state index >= 15 is 0 Å². The quantitative estimate of drug-likeness (QED) is 0.694. The van der Waals surface area contributed by atoms with Gasteiger partial charge < -0.3 is 19.9 Å². The summed E-state index contributed by atoms with van der Waals surface area (Å²) < 4.78 is 16.0. The van der Waals surface area contributed by atoms with Gasteiger partial charge in [0.1, 0.15) is 11.4 Å². The third kappa shape index (κ3) is 3.33. The first-order chi connectivity index (χ1) is 15.8. The Kier molecular flexibility index (Phi) is 5.41. The summed E-state index contributed by atoms with van der Waals surface area (Å²) in [6, 6.07) is 4.13. The lowest BCUT2D eigenvalue weighted by atomic mass is 9.99. The van der Waals surface area contributed by atoms with Gasteiger partial charge in [0.15, 0.2) is 11.4 Å². The smallest absolute Gasteiger partial charge is 0.274 e. The van der Waals surface area contributed by atoms with Crippen LogP contribution in [0.1, 0.15) is 64.0 Å². The summed E-state index contributed by atoms with van der Waals surface area (Å²) in [5.74, 6) is -2.48. The van der Waals surface area contributed by atoms with Crippen molar-refractivity contribution in [2.24, 2.45) is 0 Å². The molecule has 0 radical (unpaired) electrons. The maximum absolute atomic E-state index is 14.3. The molecule has 1 unspecified atom stereocenters. The Labute approximate surface area is 194 Å². The van der Waals surface area contributed by atoms with Gasteiger partial charge in [0, 0.05) is 38.3 Å². The van der Waals surface area contributed by atoms with Gasteiger partial charge in [-0.3, -0.25) is 19.3 Å². The number of benzene rings is 1. The molecule has 0 saturated carbocycles. The van der Waals surface area contributed by atoms with Gasteiger partial charge in [-0.15, -0.1) is 0 Å². The first kappa shape index (κ1) is 21.9. The molecule has 2 N–H and O–H groups in total. The van der Waals surface area contributed by atoms with E-state index in [0.29, 0.717) is 25.2 Å². The van der Waals surface area contributed by atoms with E-state index in [2.05, 4.69) is 10.2 Å². The van der Waals surface area contributed by atoms with Crippen LogP contribution in [0, 0.1) is 5.82 Å². The molecule has 2 atom stereocenters. The largest absolute Gasteiger partial charge is 0.503 e. The molecule has 0 aliphatic carbocycles. The molecule has 4 heterocycles. The van der Waals surface area contributed by atoms with Crippen LogP contribution in [0.4, 0.5) is 4.39 Å². The van der Waals surface area contributed by atoms with Crippen LogP contribution in [-0.4, -0.2) is 57.5 Å². The highest BCUT2D eigenvalue weighted by atomic mass is 35.5. The van der Waals surface area contributed by atoms with Crippen LogP contribution in [0.25, 0.3) is 0 Å². The number of nitrogens with one attached hydrogen (secondary N) is 1. The average molecular weight is 475 g/mol. The molecule has 1 fully saturated rings. The number of amides is 2. The summed E-state index contributed by atoms with van der Waals surface area (Å²) in [7, 11) is 0. The molecule has 5 rings (SSSR count). The monoisotopic (exact) mass is 474 g/mol. The SMILES string of the molecule is CCN1CC2C[C@@H](N3CCC3)c3c(C(=O)NCc4cccc(Cl)c4F)c(=O)c(O)c(n32)C1=O. The van der Waals surface area contributed by atoms with E-state index in [4.69, 9.17) is 11.6 Å². The fraction of sp³-hybridized carbons (Fsp3) is 0.435.